The molecular weight excluding hydrogens is 357 g/mol. The van der Waals surface area contributed by atoms with E-state index < -0.39 is 12.4 Å². The van der Waals surface area contributed by atoms with E-state index in [1.54, 1.807) is 6.07 Å². The van der Waals surface area contributed by atoms with Gasteiger partial charge in [0, 0.05) is 31.5 Å². The van der Waals surface area contributed by atoms with Crippen LogP contribution in [0.2, 0.25) is 5.15 Å². The molecular formula is C16H14ClF3N4O. The average Bonchev–Trinajstić information content (AvgIpc) is 3.03. The van der Waals surface area contributed by atoms with Crippen molar-refractivity contribution < 1.29 is 18.3 Å². The number of nitrogens with zero attached hydrogens (tertiary/aromatic N) is 4. The molecule has 5 nitrogen and oxygen atoms in total. The number of hydrogen-bond acceptors (Lipinski definition) is 4. The van der Waals surface area contributed by atoms with Crippen LogP contribution in [0.3, 0.4) is 0 Å². The molecule has 2 aromatic heterocycles. The summed E-state index contributed by atoms with van der Waals surface area (Å²) in [5, 5.41) is 13.4. The molecule has 0 amide bonds. The van der Waals surface area contributed by atoms with Crippen LogP contribution in [0.4, 0.5) is 18.9 Å². The number of aliphatic hydroxyl groups excluding tert-OH is 1. The standard InChI is InChI=1S/C16H14ClF3N4O/c17-15-6-14(23-5-1-2-13(25)10-23)12(8-21-15)4-3-11-7-22-24(9-11)16(18,19)20/h6-9,13,25H,1-2,5,10H2/t13-/m1/s1. The summed E-state index contributed by atoms with van der Waals surface area (Å²) < 4.78 is 37.6. The second kappa shape index (κ2) is 6.94. The number of piperidine rings is 1. The molecule has 1 saturated heterocycles. The molecule has 1 fully saturated rings. The van der Waals surface area contributed by atoms with Gasteiger partial charge in [0.25, 0.3) is 0 Å². The second-order valence-electron chi connectivity index (χ2n) is 5.66. The molecule has 0 radical (unpaired) electrons. The van der Waals surface area contributed by atoms with Crippen LogP contribution in [0.15, 0.2) is 24.7 Å². The number of aromatic nitrogens is 3. The Morgan fingerprint density at radius 1 is 1.28 bits per heavy atom. The third-order valence-electron chi connectivity index (χ3n) is 3.77. The third-order valence-corrected chi connectivity index (χ3v) is 3.98. The van der Waals surface area contributed by atoms with Crippen LogP contribution in [-0.4, -0.2) is 39.1 Å². The number of aliphatic hydroxyl groups is 1. The first-order chi connectivity index (χ1) is 11.8. The Hall–Kier alpha value is -2.24. The van der Waals surface area contributed by atoms with E-state index in [1.165, 1.54) is 6.20 Å². The van der Waals surface area contributed by atoms with Crippen molar-refractivity contribution in [3.8, 4) is 11.8 Å². The van der Waals surface area contributed by atoms with Gasteiger partial charge in [0.05, 0.1) is 29.1 Å². The largest absolute Gasteiger partial charge is 0.504 e. The topological polar surface area (TPSA) is 54.2 Å². The monoisotopic (exact) mass is 370 g/mol. The van der Waals surface area contributed by atoms with Gasteiger partial charge in [-0.05, 0) is 12.8 Å². The van der Waals surface area contributed by atoms with Gasteiger partial charge in [-0.25, -0.2) is 4.98 Å². The predicted molar refractivity (Wildman–Crippen MR) is 86.2 cm³/mol. The summed E-state index contributed by atoms with van der Waals surface area (Å²) in [4.78, 5) is 5.93. The van der Waals surface area contributed by atoms with Crippen molar-refractivity contribution >= 4 is 17.3 Å². The molecule has 2 aromatic rings. The smallest absolute Gasteiger partial charge is 0.391 e. The van der Waals surface area contributed by atoms with Gasteiger partial charge in [-0.15, -0.1) is 13.2 Å². The molecule has 0 aliphatic carbocycles. The molecule has 25 heavy (non-hydrogen) atoms. The molecule has 0 aromatic carbocycles. The van der Waals surface area contributed by atoms with E-state index >= 15 is 0 Å². The van der Waals surface area contributed by atoms with Crippen LogP contribution in [0, 0.1) is 11.8 Å². The normalized spacial score (nSPS) is 18.0. The van der Waals surface area contributed by atoms with Gasteiger partial charge in [-0.2, -0.15) is 9.78 Å². The highest BCUT2D eigenvalue weighted by Gasteiger charge is 2.31. The molecule has 1 N–H and O–H groups in total. The Kier molecular flexibility index (Phi) is 4.88. The number of anilines is 1. The fourth-order valence-electron chi connectivity index (χ4n) is 2.62. The summed E-state index contributed by atoms with van der Waals surface area (Å²) >= 11 is 5.96. The zero-order chi connectivity index (χ0) is 18.0. The van der Waals surface area contributed by atoms with E-state index in [4.69, 9.17) is 11.6 Å². The minimum atomic E-state index is -4.57. The van der Waals surface area contributed by atoms with Crippen LogP contribution in [0.1, 0.15) is 24.0 Å². The maximum Gasteiger partial charge on any atom is 0.504 e. The van der Waals surface area contributed by atoms with Gasteiger partial charge in [-0.1, -0.05) is 23.4 Å². The quantitative estimate of drug-likeness (QED) is 0.619. The van der Waals surface area contributed by atoms with Gasteiger partial charge >= 0.3 is 6.30 Å². The van der Waals surface area contributed by atoms with E-state index in [-0.39, 0.29) is 15.4 Å². The number of rotatable bonds is 1. The summed E-state index contributed by atoms with van der Waals surface area (Å²) in [6, 6.07) is 1.64. The van der Waals surface area contributed by atoms with E-state index in [2.05, 4.69) is 21.9 Å². The SMILES string of the molecule is O[C@@H]1CCCN(c2cc(Cl)ncc2C#Cc2cnn(C(F)(F)F)c2)C1. The molecule has 0 bridgehead atoms. The molecule has 1 aliphatic rings. The lowest BCUT2D eigenvalue weighted by Crippen LogP contribution is -2.38. The van der Waals surface area contributed by atoms with Crippen molar-refractivity contribution in [2.24, 2.45) is 0 Å². The summed E-state index contributed by atoms with van der Waals surface area (Å²) in [6.45, 7) is 1.18. The van der Waals surface area contributed by atoms with Gasteiger partial charge < -0.3 is 10.0 Å². The van der Waals surface area contributed by atoms with Crippen molar-refractivity contribution in [3.05, 3.63) is 40.9 Å². The first kappa shape index (κ1) is 17.6. The molecule has 132 valence electrons. The lowest BCUT2D eigenvalue weighted by Gasteiger charge is -2.32. The fraction of sp³-hybridized carbons (Fsp3) is 0.375. The van der Waals surface area contributed by atoms with Crippen molar-refractivity contribution in [3.63, 3.8) is 0 Å². The minimum Gasteiger partial charge on any atom is -0.391 e. The summed E-state index contributed by atoms with van der Waals surface area (Å²) in [7, 11) is 0. The third kappa shape index (κ3) is 4.24. The van der Waals surface area contributed by atoms with Gasteiger partial charge in [0.1, 0.15) is 5.15 Å². The van der Waals surface area contributed by atoms with Crippen LogP contribution in [0.25, 0.3) is 0 Å². The Balaban J connectivity index is 1.89. The van der Waals surface area contributed by atoms with Crippen LogP contribution < -0.4 is 4.90 Å². The summed E-state index contributed by atoms with van der Waals surface area (Å²) in [5.41, 5.74) is 1.37. The van der Waals surface area contributed by atoms with Gasteiger partial charge in [0.15, 0.2) is 0 Å². The summed E-state index contributed by atoms with van der Waals surface area (Å²) in [6.07, 6.45) is -0.114. The lowest BCUT2D eigenvalue weighted by atomic mass is 10.1. The van der Waals surface area contributed by atoms with Crippen LogP contribution >= 0.6 is 11.6 Å². The lowest BCUT2D eigenvalue weighted by molar-refractivity contribution is -0.212. The molecule has 9 heteroatoms. The maximum absolute atomic E-state index is 12.5. The zero-order valence-corrected chi connectivity index (χ0v) is 13.7. The minimum absolute atomic E-state index is 0.0982. The average molecular weight is 371 g/mol. The van der Waals surface area contributed by atoms with Gasteiger partial charge in [0.2, 0.25) is 0 Å². The second-order valence-corrected chi connectivity index (χ2v) is 6.04. The summed E-state index contributed by atoms with van der Waals surface area (Å²) in [5.74, 6) is 5.48. The maximum atomic E-state index is 12.5. The number of β-amino-alcohol motifs (C(OH)–C–C–N with tert-alkyl or cyclic N) is 1. The van der Waals surface area contributed by atoms with E-state index in [0.29, 0.717) is 17.8 Å². The van der Waals surface area contributed by atoms with E-state index in [1.807, 2.05) is 4.90 Å². The first-order valence-corrected chi connectivity index (χ1v) is 7.93. The van der Waals surface area contributed by atoms with Crippen molar-refractivity contribution in [1.29, 1.82) is 0 Å². The fourth-order valence-corrected chi connectivity index (χ4v) is 2.77. The molecule has 3 heterocycles. The zero-order valence-electron chi connectivity index (χ0n) is 13.0. The van der Waals surface area contributed by atoms with E-state index in [9.17, 15) is 18.3 Å². The number of hydrogen-bond donors (Lipinski definition) is 1. The highest BCUT2D eigenvalue weighted by atomic mass is 35.5. The predicted octanol–water partition coefficient (Wildman–Crippen LogP) is 2.77. The highest BCUT2D eigenvalue weighted by Crippen LogP contribution is 2.26. The molecule has 3 rings (SSSR count). The molecule has 0 unspecified atom stereocenters. The number of halogens is 4. The Morgan fingerprint density at radius 3 is 2.76 bits per heavy atom. The molecule has 1 aliphatic heterocycles. The van der Waals surface area contributed by atoms with Gasteiger partial charge in [-0.3, -0.25) is 0 Å². The number of pyridine rings is 1. The number of alkyl halides is 3. The van der Waals surface area contributed by atoms with Crippen molar-refractivity contribution in [2.75, 3.05) is 18.0 Å². The Morgan fingerprint density at radius 2 is 2.08 bits per heavy atom. The highest BCUT2D eigenvalue weighted by molar-refractivity contribution is 6.29. The Labute approximate surface area is 147 Å². The molecule has 0 saturated carbocycles. The van der Waals surface area contributed by atoms with Crippen LogP contribution in [0.5, 0.6) is 0 Å². The van der Waals surface area contributed by atoms with E-state index in [0.717, 1.165) is 31.8 Å². The van der Waals surface area contributed by atoms with Crippen molar-refractivity contribution in [2.45, 2.75) is 25.2 Å². The first-order valence-electron chi connectivity index (χ1n) is 7.55. The van der Waals surface area contributed by atoms with Crippen LogP contribution in [-0.2, 0) is 6.30 Å². The van der Waals surface area contributed by atoms with Crippen molar-refractivity contribution in [1.82, 2.24) is 14.8 Å². The molecule has 0 spiro atoms. The Bertz CT molecular complexity index is 825. The molecule has 1 atom stereocenters.